The Morgan fingerprint density at radius 2 is 1.56 bits per heavy atom. The van der Waals surface area contributed by atoms with Gasteiger partial charge in [-0.05, 0) is 62.2 Å². The number of carbonyl (C=O) groups excluding carboxylic acids is 2. The second kappa shape index (κ2) is 14.2. The van der Waals surface area contributed by atoms with Crippen LogP contribution in [0.5, 0.6) is 11.5 Å². The highest BCUT2D eigenvalue weighted by atomic mass is 35.5. The van der Waals surface area contributed by atoms with Crippen molar-refractivity contribution in [1.82, 2.24) is 10.2 Å². The van der Waals surface area contributed by atoms with Gasteiger partial charge in [0.25, 0.3) is 10.0 Å². The molecule has 0 saturated heterocycles. The highest BCUT2D eigenvalue weighted by Crippen LogP contribution is 2.34. The molecule has 0 bridgehead atoms. The van der Waals surface area contributed by atoms with Crippen LogP contribution < -0.4 is 19.1 Å². The number of nitrogens with zero attached hydrogens (tertiary/aromatic N) is 2. The van der Waals surface area contributed by atoms with E-state index in [1.807, 2.05) is 13.8 Å². The van der Waals surface area contributed by atoms with Crippen molar-refractivity contribution in [1.29, 1.82) is 0 Å². The van der Waals surface area contributed by atoms with Crippen molar-refractivity contribution in [3.63, 3.8) is 0 Å². The van der Waals surface area contributed by atoms with E-state index in [9.17, 15) is 18.0 Å². The van der Waals surface area contributed by atoms with Gasteiger partial charge < -0.3 is 19.7 Å². The molecule has 1 atom stereocenters. The first-order valence-corrected chi connectivity index (χ1v) is 15.0. The zero-order chi connectivity index (χ0) is 30.2. The van der Waals surface area contributed by atoms with Crippen LogP contribution in [0.2, 0.25) is 5.02 Å². The second-order valence-electron chi connectivity index (χ2n) is 9.60. The molecule has 3 rings (SSSR count). The van der Waals surface area contributed by atoms with Crippen molar-refractivity contribution in [2.45, 2.75) is 50.7 Å². The molecule has 220 valence electrons. The predicted molar refractivity (Wildman–Crippen MR) is 160 cm³/mol. The maximum Gasteiger partial charge on any atom is 0.264 e. The smallest absolute Gasteiger partial charge is 0.264 e. The molecule has 1 N–H and O–H groups in total. The van der Waals surface area contributed by atoms with E-state index >= 15 is 0 Å². The van der Waals surface area contributed by atoms with Gasteiger partial charge in [0.2, 0.25) is 11.8 Å². The lowest BCUT2D eigenvalue weighted by Crippen LogP contribution is -2.53. The Balaban J connectivity index is 2.10. The zero-order valence-corrected chi connectivity index (χ0v) is 25.4. The molecule has 0 aliphatic heterocycles. The van der Waals surface area contributed by atoms with Crippen LogP contribution in [0.1, 0.15) is 32.8 Å². The Bertz CT molecular complexity index is 1430. The fourth-order valence-corrected chi connectivity index (χ4v) is 5.87. The van der Waals surface area contributed by atoms with Crippen molar-refractivity contribution in [2.75, 3.05) is 25.1 Å². The molecule has 0 saturated carbocycles. The van der Waals surface area contributed by atoms with Crippen molar-refractivity contribution in [2.24, 2.45) is 0 Å². The van der Waals surface area contributed by atoms with Gasteiger partial charge in [0.05, 0.1) is 24.8 Å². The first-order valence-electron chi connectivity index (χ1n) is 13.2. The molecule has 41 heavy (non-hydrogen) atoms. The normalized spacial score (nSPS) is 12.0. The first kappa shape index (κ1) is 31.8. The summed E-state index contributed by atoms with van der Waals surface area (Å²) in [7, 11) is -1.29. The summed E-state index contributed by atoms with van der Waals surface area (Å²) in [5.41, 5.74) is 0.938. The number of halogens is 1. The summed E-state index contributed by atoms with van der Waals surface area (Å²) in [5.74, 6) is -0.180. The number of methoxy groups -OCH3 is 2. The Morgan fingerprint density at radius 1 is 0.927 bits per heavy atom. The van der Waals surface area contributed by atoms with Gasteiger partial charge >= 0.3 is 0 Å². The Kier molecular flexibility index (Phi) is 11.0. The molecular weight excluding hydrogens is 566 g/mol. The number of hydrogen-bond donors (Lipinski definition) is 1. The summed E-state index contributed by atoms with van der Waals surface area (Å²) >= 11 is 6.06. The minimum absolute atomic E-state index is 0.0106. The van der Waals surface area contributed by atoms with Crippen LogP contribution in [0.25, 0.3) is 0 Å². The number of carbonyl (C=O) groups is 2. The summed E-state index contributed by atoms with van der Waals surface area (Å²) in [4.78, 5) is 28.7. The standard InChI is InChI=1S/C30H36ClN3O6S/c1-6-26(30(36)32-21(2)3)33(19-22-12-14-23(31)15-13-22)29(35)20-34(41(37,38)25-10-8-7-9-11-25)24-16-17-27(39-4)28(18-24)40-5/h7-18,21,26H,6,19-20H2,1-5H3,(H,32,36)/t26-/m0/s1. The summed E-state index contributed by atoms with van der Waals surface area (Å²) in [6, 6.07) is 18.4. The maximum atomic E-state index is 14.1. The summed E-state index contributed by atoms with van der Waals surface area (Å²) < 4.78 is 39.6. The van der Waals surface area contributed by atoms with E-state index in [1.165, 1.54) is 37.3 Å². The number of amides is 2. The molecule has 0 spiro atoms. The summed E-state index contributed by atoms with van der Waals surface area (Å²) in [5, 5.41) is 3.41. The lowest BCUT2D eigenvalue weighted by Gasteiger charge is -2.33. The van der Waals surface area contributed by atoms with Gasteiger partial charge in [-0.15, -0.1) is 0 Å². The summed E-state index contributed by atoms with van der Waals surface area (Å²) in [6.07, 6.45) is 0.319. The van der Waals surface area contributed by atoms with Gasteiger partial charge in [-0.25, -0.2) is 8.42 Å². The fraction of sp³-hybridized carbons (Fsp3) is 0.333. The number of ether oxygens (including phenoxy) is 2. The van der Waals surface area contributed by atoms with Gasteiger partial charge in [-0.2, -0.15) is 0 Å². The zero-order valence-electron chi connectivity index (χ0n) is 23.8. The van der Waals surface area contributed by atoms with Gasteiger partial charge in [-0.3, -0.25) is 13.9 Å². The minimum Gasteiger partial charge on any atom is -0.493 e. The molecule has 9 nitrogen and oxygen atoms in total. The van der Waals surface area contributed by atoms with Crippen molar-refractivity contribution in [3.05, 3.63) is 83.4 Å². The van der Waals surface area contributed by atoms with Crippen molar-refractivity contribution < 1.29 is 27.5 Å². The monoisotopic (exact) mass is 601 g/mol. The third kappa shape index (κ3) is 7.92. The number of anilines is 1. The number of sulfonamides is 1. The topological polar surface area (TPSA) is 105 Å². The molecule has 3 aromatic carbocycles. The van der Waals surface area contributed by atoms with Crippen molar-refractivity contribution >= 4 is 39.1 Å². The molecule has 0 fully saturated rings. The molecule has 0 unspecified atom stereocenters. The van der Waals surface area contributed by atoms with E-state index in [2.05, 4.69) is 5.32 Å². The van der Waals surface area contributed by atoms with E-state index in [0.717, 1.165) is 9.87 Å². The van der Waals surface area contributed by atoms with Crippen LogP contribution in [0, 0.1) is 0 Å². The van der Waals surface area contributed by atoms with Crippen LogP contribution >= 0.6 is 11.6 Å². The lowest BCUT2D eigenvalue weighted by atomic mass is 10.1. The quantitative estimate of drug-likeness (QED) is 0.299. The highest BCUT2D eigenvalue weighted by Gasteiger charge is 2.34. The lowest BCUT2D eigenvalue weighted by molar-refractivity contribution is -0.140. The Labute approximate surface area is 247 Å². The molecule has 2 amide bonds. The molecule has 3 aromatic rings. The highest BCUT2D eigenvalue weighted by molar-refractivity contribution is 7.92. The van der Waals surface area contributed by atoms with Crippen LogP contribution in [0.15, 0.2) is 77.7 Å². The molecule has 0 radical (unpaired) electrons. The van der Waals surface area contributed by atoms with Gasteiger partial charge in [0.1, 0.15) is 12.6 Å². The van der Waals surface area contributed by atoms with Crippen LogP contribution in [-0.4, -0.2) is 58.0 Å². The van der Waals surface area contributed by atoms with Crippen molar-refractivity contribution in [3.8, 4) is 11.5 Å². The second-order valence-corrected chi connectivity index (χ2v) is 11.9. The maximum absolute atomic E-state index is 14.1. The average Bonchev–Trinajstić information content (AvgIpc) is 2.96. The predicted octanol–water partition coefficient (Wildman–Crippen LogP) is 4.88. The van der Waals surface area contributed by atoms with E-state index in [4.69, 9.17) is 21.1 Å². The molecule has 0 aromatic heterocycles. The Hall–Kier alpha value is -3.76. The molecule has 0 heterocycles. The fourth-order valence-electron chi connectivity index (χ4n) is 4.32. The number of benzene rings is 3. The SMILES string of the molecule is CC[C@@H](C(=O)NC(C)C)N(Cc1ccc(Cl)cc1)C(=O)CN(c1ccc(OC)c(OC)c1)S(=O)(=O)c1ccccc1. The van der Waals surface area contributed by atoms with Crippen LogP contribution in [0.4, 0.5) is 5.69 Å². The van der Waals surface area contributed by atoms with E-state index in [0.29, 0.717) is 22.9 Å². The van der Waals surface area contributed by atoms with Crippen LogP contribution in [0.3, 0.4) is 0 Å². The number of nitrogens with one attached hydrogen (secondary N) is 1. The molecule has 11 heteroatoms. The van der Waals surface area contributed by atoms with Gasteiger partial charge in [0.15, 0.2) is 11.5 Å². The third-order valence-corrected chi connectivity index (χ3v) is 8.39. The van der Waals surface area contributed by atoms with Crippen LogP contribution in [-0.2, 0) is 26.2 Å². The molecule has 0 aliphatic carbocycles. The van der Waals surface area contributed by atoms with E-state index in [-0.39, 0.29) is 29.1 Å². The number of hydrogen-bond acceptors (Lipinski definition) is 6. The minimum atomic E-state index is -4.21. The van der Waals surface area contributed by atoms with E-state index < -0.39 is 28.5 Å². The van der Waals surface area contributed by atoms with E-state index in [1.54, 1.807) is 61.5 Å². The van der Waals surface area contributed by atoms with Gasteiger partial charge in [0, 0.05) is 23.7 Å². The molecule has 0 aliphatic rings. The average molecular weight is 602 g/mol. The number of rotatable bonds is 13. The third-order valence-electron chi connectivity index (χ3n) is 6.35. The Morgan fingerprint density at radius 3 is 2.12 bits per heavy atom. The largest absolute Gasteiger partial charge is 0.493 e. The first-order chi connectivity index (χ1) is 19.5. The van der Waals surface area contributed by atoms with Gasteiger partial charge in [-0.1, -0.05) is 48.9 Å². The summed E-state index contributed by atoms with van der Waals surface area (Å²) in [6.45, 7) is 4.99. The molecular formula is C30H36ClN3O6S.